The first-order valence-electron chi connectivity index (χ1n) is 17.5. The fourth-order valence-corrected chi connectivity index (χ4v) is 11.2. The van der Waals surface area contributed by atoms with Gasteiger partial charge in [0.1, 0.15) is 5.82 Å². The third kappa shape index (κ3) is 5.89. The Morgan fingerprint density at radius 1 is 1.04 bits per heavy atom. The molecule has 11 nitrogen and oxygen atoms in total. The smallest absolute Gasteiger partial charge is 0.355 e. The van der Waals surface area contributed by atoms with Crippen molar-refractivity contribution in [3.05, 3.63) is 99.4 Å². The van der Waals surface area contributed by atoms with E-state index in [2.05, 4.69) is 29.1 Å². The van der Waals surface area contributed by atoms with Crippen molar-refractivity contribution in [2.75, 3.05) is 23.0 Å². The molecule has 0 radical (unpaired) electrons. The highest BCUT2D eigenvalue weighted by molar-refractivity contribution is 7.94. The van der Waals surface area contributed by atoms with Crippen LogP contribution in [0.15, 0.2) is 71.3 Å². The molecule has 3 atom stereocenters. The van der Waals surface area contributed by atoms with E-state index in [-0.39, 0.29) is 28.9 Å². The van der Waals surface area contributed by atoms with Crippen LogP contribution < -0.4 is 10.2 Å². The Kier molecular flexibility index (Phi) is 8.33. The van der Waals surface area contributed by atoms with Gasteiger partial charge < -0.3 is 10.0 Å². The fourth-order valence-electron chi connectivity index (χ4n) is 8.93. The largest absolute Gasteiger partial charge is 0.476 e. The van der Waals surface area contributed by atoms with Gasteiger partial charge in [0.2, 0.25) is 0 Å². The summed E-state index contributed by atoms with van der Waals surface area (Å²) in [6.07, 6.45) is 6.03. The quantitative estimate of drug-likeness (QED) is 0.170. The number of hydrogen-bond acceptors (Lipinski definition) is 9. The second-order valence-corrected chi connectivity index (χ2v) is 17.8. The minimum absolute atomic E-state index is 0.0746. The minimum atomic E-state index is -3.32. The number of hydrogen-bond donors (Lipinski definition) is 2. The number of nitrogens with one attached hydrogen (secondary N) is 1. The first kappa shape index (κ1) is 34.2. The molecule has 268 valence electrons. The van der Waals surface area contributed by atoms with Crippen molar-refractivity contribution in [2.24, 2.45) is 17.3 Å². The Bertz CT molecular complexity index is 2400. The molecule has 2 N–H and O–H groups in total. The van der Waals surface area contributed by atoms with E-state index in [0.29, 0.717) is 65.0 Å². The third-order valence-corrected chi connectivity index (χ3v) is 13.3. The van der Waals surface area contributed by atoms with E-state index in [0.717, 1.165) is 45.5 Å². The van der Waals surface area contributed by atoms with Gasteiger partial charge in [0.25, 0.3) is 5.91 Å². The van der Waals surface area contributed by atoms with Crippen LogP contribution in [0.5, 0.6) is 0 Å². The van der Waals surface area contributed by atoms with Crippen LogP contribution in [-0.2, 0) is 29.3 Å². The number of benzene rings is 2. The van der Waals surface area contributed by atoms with Crippen molar-refractivity contribution < 1.29 is 23.1 Å². The molecule has 3 aliphatic rings. The van der Waals surface area contributed by atoms with Gasteiger partial charge >= 0.3 is 5.97 Å². The van der Waals surface area contributed by atoms with Crippen LogP contribution >= 0.6 is 11.3 Å². The summed E-state index contributed by atoms with van der Waals surface area (Å²) >= 11 is 1.42. The van der Waals surface area contributed by atoms with E-state index in [1.54, 1.807) is 12.3 Å². The molecular weight excluding hydrogens is 697 g/mol. The van der Waals surface area contributed by atoms with Gasteiger partial charge in [-0.25, -0.2) is 23.2 Å². The zero-order valence-electron chi connectivity index (χ0n) is 29.5. The zero-order valence-corrected chi connectivity index (χ0v) is 31.1. The molecule has 2 aliphatic carbocycles. The molecule has 1 aliphatic heterocycles. The van der Waals surface area contributed by atoms with Crippen LogP contribution in [0.1, 0.15) is 70.8 Å². The van der Waals surface area contributed by atoms with Gasteiger partial charge in [-0.05, 0) is 91.5 Å². The molecule has 1 saturated carbocycles. The average Bonchev–Trinajstić information content (AvgIpc) is 3.68. The number of rotatable bonds is 8. The predicted octanol–water partition coefficient (Wildman–Crippen LogP) is 7.13. The second kappa shape index (κ2) is 12.7. The average molecular weight is 737 g/mol. The number of carboxylic acid groups (broad SMARTS) is 1. The lowest BCUT2D eigenvalue weighted by atomic mass is 9.52. The summed E-state index contributed by atoms with van der Waals surface area (Å²) in [4.78, 5) is 38.1. The van der Waals surface area contributed by atoms with Crippen molar-refractivity contribution in [1.82, 2.24) is 19.7 Å². The number of aromatic nitrogens is 4. The molecule has 0 bridgehead atoms. The van der Waals surface area contributed by atoms with Crippen molar-refractivity contribution in [1.29, 1.82) is 0 Å². The van der Waals surface area contributed by atoms with E-state index in [1.165, 1.54) is 17.6 Å². The summed E-state index contributed by atoms with van der Waals surface area (Å²) in [5.74, 6) is -0.438. The number of sulfone groups is 1. The molecule has 3 unspecified atom stereocenters. The van der Waals surface area contributed by atoms with Gasteiger partial charge in [0.05, 0.1) is 23.0 Å². The van der Waals surface area contributed by atoms with Crippen LogP contribution in [-0.4, -0.2) is 57.9 Å². The topological polar surface area (TPSA) is 147 Å². The van der Waals surface area contributed by atoms with Gasteiger partial charge in [-0.2, -0.15) is 5.10 Å². The lowest BCUT2D eigenvalue weighted by Crippen LogP contribution is -2.48. The molecule has 1 amide bonds. The first-order valence-corrected chi connectivity index (χ1v) is 20.3. The van der Waals surface area contributed by atoms with E-state index in [9.17, 15) is 23.1 Å². The van der Waals surface area contributed by atoms with Gasteiger partial charge in [-0.1, -0.05) is 49.4 Å². The Labute approximate surface area is 306 Å². The van der Waals surface area contributed by atoms with E-state index < -0.39 is 15.8 Å². The van der Waals surface area contributed by atoms with Gasteiger partial charge in [-0.3, -0.25) is 14.8 Å². The molecule has 3 aromatic heterocycles. The van der Waals surface area contributed by atoms with Crippen LogP contribution in [0, 0.1) is 24.2 Å². The highest BCUT2D eigenvalue weighted by atomic mass is 32.2. The number of carboxylic acids is 1. The minimum Gasteiger partial charge on any atom is -0.476 e. The van der Waals surface area contributed by atoms with Crippen molar-refractivity contribution >= 4 is 54.2 Å². The highest BCUT2D eigenvalue weighted by Crippen LogP contribution is 2.61. The number of aromatic carboxylic acids is 1. The molecule has 52 heavy (non-hydrogen) atoms. The molecule has 8 rings (SSSR count). The van der Waals surface area contributed by atoms with Crippen LogP contribution in [0.3, 0.4) is 0 Å². The van der Waals surface area contributed by atoms with Crippen molar-refractivity contribution in [3.8, 4) is 11.1 Å². The van der Waals surface area contributed by atoms with Gasteiger partial charge in [-0.15, -0.1) is 0 Å². The number of pyridine rings is 1. The SMILES string of the molecule is Cc1c(-c2ccc(N3CCc4cccc(C(=O)Nc5nc6ccccc6s5)c4C3)nc2C(=O)O)cnn1CC12CC(C)CC(S(C)(=O)=O)=C1C(C)C2. The molecular formula is C39H40N6O5S2. The monoisotopic (exact) mass is 736 g/mol. The Morgan fingerprint density at radius 2 is 1.85 bits per heavy atom. The number of amides is 1. The van der Waals surface area contributed by atoms with Crippen LogP contribution in [0.4, 0.5) is 10.9 Å². The summed E-state index contributed by atoms with van der Waals surface area (Å²) in [6.45, 7) is 7.69. The fraction of sp³-hybridized carbons (Fsp3) is 0.359. The summed E-state index contributed by atoms with van der Waals surface area (Å²) in [7, 11) is -3.32. The Hall–Kier alpha value is -4.88. The number of nitrogens with zero attached hydrogens (tertiary/aromatic N) is 5. The molecule has 5 aromatic rings. The summed E-state index contributed by atoms with van der Waals surface area (Å²) in [5, 5.41) is 18.6. The number of fused-ring (bicyclic) bond motifs is 3. The number of allylic oxidation sites excluding steroid dienone is 2. The first-order chi connectivity index (χ1) is 24.8. The Morgan fingerprint density at radius 3 is 2.60 bits per heavy atom. The van der Waals surface area contributed by atoms with Gasteiger partial charge in [0.15, 0.2) is 20.7 Å². The zero-order chi connectivity index (χ0) is 36.5. The second-order valence-electron chi connectivity index (χ2n) is 14.7. The van der Waals surface area contributed by atoms with Crippen LogP contribution in [0.25, 0.3) is 21.3 Å². The summed E-state index contributed by atoms with van der Waals surface area (Å²) in [6, 6.07) is 17.1. The van der Waals surface area contributed by atoms with E-state index in [1.807, 2.05) is 65.0 Å². The maximum absolute atomic E-state index is 13.6. The number of anilines is 2. The van der Waals surface area contributed by atoms with E-state index in [4.69, 9.17) is 5.10 Å². The predicted molar refractivity (Wildman–Crippen MR) is 202 cm³/mol. The lowest BCUT2D eigenvalue weighted by molar-refractivity contribution is 0.0691. The molecule has 2 aromatic carbocycles. The lowest BCUT2D eigenvalue weighted by Gasteiger charge is -2.54. The highest BCUT2D eigenvalue weighted by Gasteiger charge is 2.53. The molecule has 4 heterocycles. The number of thiazole rings is 1. The maximum atomic E-state index is 13.6. The molecule has 0 spiro atoms. The number of carbonyl (C=O) groups excluding carboxylic acids is 1. The number of para-hydroxylation sites is 1. The Balaban J connectivity index is 1.06. The number of carbonyl (C=O) groups is 2. The summed E-state index contributed by atoms with van der Waals surface area (Å²) < 4.78 is 28.5. The van der Waals surface area contributed by atoms with Gasteiger partial charge in [0, 0.05) is 52.0 Å². The van der Waals surface area contributed by atoms with Crippen molar-refractivity contribution in [3.63, 3.8) is 0 Å². The standard InChI is InChI=1S/C39H40N6O5S2/c1-22-16-32(52(4,49)50)34-23(2)18-39(34,17-22)21-45-24(3)28(19-40-45)26-12-13-33(42-35(26)37(47)48)44-15-14-25-8-7-9-27(29(25)20-44)36(46)43-38-41-30-10-5-6-11-31(30)51-38/h5-13,19,22-23H,14-18,20-21H2,1-4H3,(H,47,48)(H,41,43,46). The normalized spacial score (nSPS) is 21.4. The van der Waals surface area contributed by atoms with Crippen molar-refractivity contribution in [2.45, 2.75) is 59.5 Å². The third-order valence-electron chi connectivity index (χ3n) is 11.1. The molecule has 0 saturated heterocycles. The molecule has 1 fully saturated rings. The summed E-state index contributed by atoms with van der Waals surface area (Å²) in [5.41, 5.74) is 5.97. The maximum Gasteiger partial charge on any atom is 0.355 e. The molecule has 13 heteroatoms. The van der Waals surface area contributed by atoms with E-state index >= 15 is 0 Å². The van der Waals surface area contributed by atoms with Crippen LogP contribution in [0.2, 0.25) is 0 Å².